The summed E-state index contributed by atoms with van der Waals surface area (Å²) in [7, 11) is 3.23. The standard InChI is InChI=1S/C31H29N3O7S/c1-18-8-9-19(34(37)38)15-25(18)40-17-23-21(12-13-24-28(23)33(4)30(36)31(2,3)32-24)22-11-10-20(16-26(22)39-5)41-29(35)27-7-6-14-42-27/h6-16,32H,17H2,1-5H3. The van der Waals surface area contributed by atoms with Crippen molar-refractivity contribution in [2.75, 3.05) is 24.4 Å². The number of rotatable bonds is 8. The first kappa shape index (κ1) is 28.6. The molecule has 4 aromatic rings. The quantitative estimate of drug-likeness (QED) is 0.106. The molecule has 0 saturated carbocycles. The van der Waals surface area contributed by atoms with Crippen LogP contribution in [-0.4, -0.2) is 36.5 Å². The third-order valence-electron chi connectivity index (χ3n) is 7.06. The van der Waals surface area contributed by atoms with Crippen molar-refractivity contribution in [3.63, 3.8) is 0 Å². The zero-order chi connectivity index (χ0) is 30.2. The van der Waals surface area contributed by atoms with Crippen LogP contribution < -0.4 is 24.4 Å². The third kappa shape index (κ3) is 5.38. The highest BCUT2D eigenvalue weighted by atomic mass is 32.1. The number of nitro groups is 1. The number of anilines is 2. The first-order chi connectivity index (χ1) is 20.0. The molecule has 5 rings (SSSR count). The van der Waals surface area contributed by atoms with Crippen LogP contribution in [0, 0.1) is 17.0 Å². The molecule has 1 aliphatic rings. The van der Waals surface area contributed by atoms with Crippen LogP contribution in [-0.2, 0) is 11.4 Å². The highest BCUT2D eigenvalue weighted by Crippen LogP contribution is 2.45. The van der Waals surface area contributed by atoms with E-state index < -0.39 is 16.4 Å². The van der Waals surface area contributed by atoms with Crippen molar-refractivity contribution in [2.24, 2.45) is 0 Å². The Morgan fingerprint density at radius 1 is 1.07 bits per heavy atom. The Morgan fingerprint density at radius 3 is 2.52 bits per heavy atom. The van der Waals surface area contributed by atoms with Crippen LogP contribution in [0.25, 0.3) is 11.1 Å². The maximum Gasteiger partial charge on any atom is 0.353 e. The van der Waals surface area contributed by atoms with E-state index in [0.29, 0.717) is 44.5 Å². The average Bonchev–Trinajstić information content (AvgIpc) is 3.50. The Bertz CT molecular complexity index is 1700. The fourth-order valence-corrected chi connectivity index (χ4v) is 5.55. The predicted molar refractivity (Wildman–Crippen MR) is 161 cm³/mol. The maximum atomic E-state index is 13.3. The van der Waals surface area contributed by atoms with Crippen molar-refractivity contribution in [3.8, 4) is 28.4 Å². The van der Waals surface area contributed by atoms with Gasteiger partial charge in [-0.15, -0.1) is 11.3 Å². The van der Waals surface area contributed by atoms with Crippen LogP contribution in [0.5, 0.6) is 17.2 Å². The Balaban J connectivity index is 1.59. The molecule has 2 heterocycles. The van der Waals surface area contributed by atoms with E-state index in [1.807, 2.05) is 26.0 Å². The van der Waals surface area contributed by atoms with Crippen LogP contribution in [0.15, 0.2) is 66.0 Å². The van der Waals surface area contributed by atoms with E-state index in [2.05, 4.69) is 5.32 Å². The second-order valence-electron chi connectivity index (χ2n) is 10.3. The molecule has 0 aliphatic carbocycles. The van der Waals surface area contributed by atoms with Crippen LogP contribution in [0.1, 0.15) is 34.6 Å². The van der Waals surface area contributed by atoms with Crippen molar-refractivity contribution in [2.45, 2.75) is 32.9 Å². The molecule has 1 N–H and O–H groups in total. The van der Waals surface area contributed by atoms with Crippen molar-refractivity contribution in [1.29, 1.82) is 0 Å². The summed E-state index contributed by atoms with van der Waals surface area (Å²) in [5, 5.41) is 16.5. The number of fused-ring (bicyclic) bond motifs is 1. The molecular weight excluding hydrogens is 558 g/mol. The molecule has 11 heteroatoms. The highest BCUT2D eigenvalue weighted by molar-refractivity contribution is 7.12. The van der Waals surface area contributed by atoms with E-state index in [9.17, 15) is 19.7 Å². The SMILES string of the molecule is COc1cc(OC(=O)c2cccs2)ccc1-c1ccc2c(c1COc1cc([N+](=O)[O-])ccc1C)N(C)C(=O)C(C)(C)N2. The van der Waals surface area contributed by atoms with Gasteiger partial charge in [-0.05, 0) is 67.6 Å². The molecule has 0 fully saturated rings. The van der Waals surface area contributed by atoms with Crippen molar-refractivity contribution in [1.82, 2.24) is 0 Å². The average molecular weight is 588 g/mol. The molecule has 0 unspecified atom stereocenters. The molecule has 216 valence electrons. The number of amides is 1. The molecule has 3 aromatic carbocycles. The van der Waals surface area contributed by atoms with E-state index in [0.717, 1.165) is 11.3 Å². The summed E-state index contributed by atoms with van der Waals surface area (Å²) in [6.45, 7) is 5.42. The number of carbonyl (C=O) groups is 2. The predicted octanol–water partition coefficient (Wildman–Crippen LogP) is 6.61. The van der Waals surface area contributed by atoms with Gasteiger partial charge in [0.05, 0.1) is 29.5 Å². The first-order valence-electron chi connectivity index (χ1n) is 13.0. The summed E-state index contributed by atoms with van der Waals surface area (Å²) >= 11 is 1.29. The van der Waals surface area contributed by atoms with E-state index in [1.165, 1.54) is 30.6 Å². The summed E-state index contributed by atoms with van der Waals surface area (Å²) in [6, 6.07) is 16.8. The molecule has 0 saturated heterocycles. The van der Waals surface area contributed by atoms with Crippen LogP contribution in [0.3, 0.4) is 0 Å². The summed E-state index contributed by atoms with van der Waals surface area (Å²) in [5.41, 5.74) is 3.22. The minimum atomic E-state index is -0.830. The van der Waals surface area contributed by atoms with E-state index in [4.69, 9.17) is 14.2 Å². The minimum absolute atomic E-state index is 0.00148. The van der Waals surface area contributed by atoms with Gasteiger partial charge < -0.3 is 24.4 Å². The second-order valence-corrected chi connectivity index (χ2v) is 11.3. The number of aryl methyl sites for hydroxylation is 1. The molecule has 42 heavy (non-hydrogen) atoms. The summed E-state index contributed by atoms with van der Waals surface area (Å²) in [5.74, 6) is 0.505. The number of thiophene rings is 1. The van der Waals surface area contributed by atoms with Gasteiger partial charge in [0.25, 0.3) is 11.6 Å². The highest BCUT2D eigenvalue weighted by Gasteiger charge is 2.38. The number of benzene rings is 3. The zero-order valence-corrected chi connectivity index (χ0v) is 24.5. The lowest BCUT2D eigenvalue weighted by atomic mass is 9.91. The van der Waals surface area contributed by atoms with Gasteiger partial charge in [-0.1, -0.05) is 12.1 Å². The molecule has 0 bridgehead atoms. The number of likely N-dealkylation sites (N-methyl/N-ethyl adjacent to an activating group) is 1. The molecule has 10 nitrogen and oxygen atoms in total. The Kier molecular flexibility index (Phi) is 7.61. The van der Waals surface area contributed by atoms with Crippen molar-refractivity contribution >= 4 is 40.3 Å². The fraction of sp³-hybridized carbons (Fsp3) is 0.226. The van der Waals surface area contributed by atoms with Crippen molar-refractivity contribution < 1.29 is 28.7 Å². The van der Waals surface area contributed by atoms with Gasteiger partial charge in [0.2, 0.25) is 0 Å². The number of nitrogens with zero attached hydrogens (tertiary/aromatic N) is 2. The smallest absolute Gasteiger partial charge is 0.353 e. The van der Waals surface area contributed by atoms with Gasteiger partial charge in [-0.2, -0.15) is 0 Å². The Morgan fingerprint density at radius 2 is 1.83 bits per heavy atom. The monoisotopic (exact) mass is 587 g/mol. The van der Waals surface area contributed by atoms with Crippen LogP contribution in [0.4, 0.5) is 17.1 Å². The van der Waals surface area contributed by atoms with Gasteiger partial charge in [-0.25, -0.2) is 4.79 Å². The minimum Gasteiger partial charge on any atom is -0.496 e. The van der Waals surface area contributed by atoms with Crippen molar-refractivity contribution in [3.05, 3.63) is 92.2 Å². The Labute approximate surface area is 246 Å². The molecule has 0 spiro atoms. The summed E-state index contributed by atoms with van der Waals surface area (Å²) in [4.78, 5) is 38.8. The van der Waals surface area contributed by atoms with Crippen LogP contribution >= 0.6 is 11.3 Å². The molecule has 0 radical (unpaired) electrons. The fourth-order valence-electron chi connectivity index (χ4n) is 4.95. The lowest BCUT2D eigenvalue weighted by Gasteiger charge is -2.39. The maximum absolute atomic E-state index is 13.3. The number of esters is 1. The number of ether oxygens (including phenoxy) is 3. The van der Waals surface area contributed by atoms with Gasteiger partial charge >= 0.3 is 5.97 Å². The lowest BCUT2D eigenvalue weighted by molar-refractivity contribution is -0.385. The third-order valence-corrected chi connectivity index (χ3v) is 7.91. The molecule has 1 aromatic heterocycles. The van der Waals surface area contributed by atoms with Gasteiger partial charge in [0, 0.05) is 30.3 Å². The normalized spacial score (nSPS) is 13.6. The second kappa shape index (κ2) is 11.2. The first-order valence-corrected chi connectivity index (χ1v) is 13.9. The topological polar surface area (TPSA) is 120 Å². The number of hydrogen-bond donors (Lipinski definition) is 1. The number of carbonyl (C=O) groups excluding carboxylic acids is 2. The van der Waals surface area contributed by atoms with E-state index >= 15 is 0 Å². The van der Waals surface area contributed by atoms with Gasteiger partial charge in [0.15, 0.2) is 0 Å². The van der Waals surface area contributed by atoms with Crippen LogP contribution in [0.2, 0.25) is 0 Å². The summed E-state index contributed by atoms with van der Waals surface area (Å²) < 4.78 is 17.5. The lowest BCUT2D eigenvalue weighted by Crippen LogP contribution is -2.52. The molecule has 1 aliphatic heterocycles. The number of nitrogens with one attached hydrogen (secondary N) is 1. The molecular formula is C31H29N3O7S. The number of methoxy groups -OCH3 is 1. The number of hydrogen-bond acceptors (Lipinski definition) is 9. The number of non-ortho nitro benzene ring substituents is 1. The molecule has 1 amide bonds. The number of nitro benzene ring substituents is 1. The largest absolute Gasteiger partial charge is 0.496 e. The Hall–Kier alpha value is -4.90. The zero-order valence-electron chi connectivity index (χ0n) is 23.7. The van der Waals surface area contributed by atoms with E-state index in [-0.39, 0.29) is 18.2 Å². The summed E-state index contributed by atoms with van der Waals surface area (Å²) in [6.07, 6.45) is 0. The van der Waals surface area contributed by atoms with Gasteiger partial charge in [-0.3, -0.25) is 14.9 Å². The molecule has 0 atom stereocenters. The van der Waals surface area contributed by atoms with Gasteiger partial charge in [0.1, 0.15) is 34.3 Å². The van der Waals surface area contributed by atoms with E-state index in [1.54, 1.807) is 60.6 Å².